The molecule has 16 heavy (non-hydrogen) atoms. The number of cyclic esters (lactones) is 1. The molecule has 0 aliphatic carbocycles. The van der Waals surface area contributed by atoms with E-state index in [1.165, 1.54) is 0 Å². The summed E-state index contributed by atoms with van der Waals surface area (Å²) in [4.78, 5) is 10.9. The molecule has 2 heterocycles. The fraction of sp³-hybridized carbons (Fsp3) is 0.900. The van der Waals surface area contributed by atoms with Crippen LogP contribution in [0, 0.1) is 11.3 Å². The number of carbonyl (C=O) groups is 1. The van der Waals surface area contributed by atoms with Crippen molar-refractivity contribution < 1.29 is 17.9 Å². The van der Waals surface area contributed by atoms with Gasteiger partial charge in [0.1, 0.15) is 16.4 Å². The van der Waals surface area contributed by atoms with Crippen molar-refractivity contribution in [2.24, 2.45) is 11.3 Å². The van der Waals surface area contributed by atoms with Crippen molar-refractivity contribution in [2.45, 2.75) is 19.8 Å². The first-order valence-corrected chi connectivity index (χ1v) is 7.34. The molecule has 0 aromatic heterocycles. The second kappa shape index (κ2) is 3.91. The van der Waals surface area contributed by atoms with E-state index in [0.29, 0.717) is 31.9 Å². The van der Waals surface area contributed by atoms with Crippen LogP contribution in [0.1, 0.15) is 19.8 Å². The third kappa shape index (κ3) is 2.31. The molecule has 1 N–H and O–H groups in total. The van der Waals surface area contributed by atoms with Gasteiger partial charge in [-0.3, -0.25) is 0 Å². The molecular weight excluding hydrogens is 230 g/mol. The Morgan fingerprint density at radius 2 is 2.00 bits per heavy atom. The zero-order valence-corrected chi connectivity index (χ0v) is 10.2. The van der Waals surface area contributed by atoms with E-state index in [9.17, 15) is 13.2 Å². The van der Waals surface area contributed by atoms with Crippen LogP contribution in [0.25, 0.3) is 0 Å². The van der Waals surface area contributed by atoms with Crippen molar-refractivity contribution in [3.05, 3.63) is 0 Å². The lowest BCUT2D eigenvalue weighted by atomic mass is 9.74. The van der Waals surface area contributed by atoms with Gasteiger partial charge >= 0.3 is 6.09 Å². The van der Waals surface area contributed by atoms with Crippen LogP contribution in [-0.4, -0.2) is 39.2 Å². The first kappa shape index (κ1) is 11.7. The lowest BCUT2D eigenvalue weighted by Gasteiger charge is -2.41. The molecule has 2 fully saturated rings. The molecule has 2 aliphatic heterocycles. The predicted octanol–water partition coefficient (Wildman–Crippen LogP) is 0.557. The summed E-state index contributed by atoms with van der Waals surface area (Å²) in [7, 11) is -2.82. The first-order chi connectivity index (χ1) is 7.41. The molecule has 0 radical (unpaired) electrons. The lowest BCUT2D eigenvalue weighted by Crippen LogP contribution is -2.51. The maximum absolute atomic E-state index is 11.3. The Morgan fingerprint density at radius 1 is 1.38 bits per heavy atom. The molecule has 1 amide bonds. The van der Waals surface area contributed by atoms with Crippen molar-refractivity contribution in [3.8, 4) is 0 Å². The molecule has 2 aliphatic rings. The monoisotopic (exact) mass is 247 g/mol. The average Bonchev–Trinajstić information content (AvgIpc) is 2.22. The number of rotatable bonds is 1. The third-order valence-electron chi connectivity index (χ3n) is 3.71. The maximum atomic E-state index is 11.3. The molecule has 92 valence electrons. The number of hydrogen-bond acceptors (Lipinski definition) is 4. The van der Waals surface area contributed by atoms with Gasteiger partial charge in [-0.2, -0.15) is 0 Å². The molecule has 0 spiro atoms. The fourth-order valence-corrected chi connectivity index (χ4v) is 3.95. The summed E-state index contributed by atoms with van der Waals surface area (Å²) < 4.78 is 27.7. The number of hydrogen-bond donors (Lipinski definition) is 1. The Balaban J connectivity index is 2.00. The molecule has 1 unspecified atom stereocenters. The summed E-state index contributed by atoms with van der Waals surface area (Å²) in [6.07, 6.45) is 0.983. The van der Waals surface area contributed by atoms with Gasteiger partial charge in [0.25, 0.3) is 0 Å². The number of nitrogens with one attached hydrogen (secondary N) is 1. The molecular formula is C10H17NO4S. The number of sulfone groups is 1. The van der Waals surface area contributed by atoms with Gasteiger partial charge in [-0.1, -0.05) is 6.92 Å². The van der Waals surface area contributed by atoms with Crippen LogP contribution >= 0.6 is 0 Å². The van der Waals surface area contributed by atoms with E-state index in [1.807, 2.05) is 0 Å². The van der Waals surface area contributed by atoms with Crippen molar-refractivity contribution in [1.29, 1.82) is 0 Å². The van der Waals surface area contributed by atoms with E-state index in [2.05, 4.69) is 12.2 Å². The minimum absolute atomic E-state index is 0.121. The fourth-order valence-electron chi connectivity index (χ4n) is 2.46. The molecule has 0 saturated carbocycles. The summed E-state index contributed by atoms with van der Waals surface area (Å²) in [5.74, 6) is 0.846. The quantitative estimate of drug-likeness (QED) is 0.734. The van der Waals surface area contributed by atoms with E-state index in [0.717, 1.165) is 0 Å². The van der Waals surface area contributed by atoms with Crippen LogP contribution in [0.5, 0.6) is 0 Å². The van der Waals surface area contributed by atoms with Gasteiger partial charge in [-0.15, -0.1) is 0 Å². The Hall–Kier alpha value is -0.780. The predicted molar refractivity (Wildman–Crippen MR) is 58.8 cm³/mol. The highest BCUT2D eigenvalue weighted by Gasteiger charge is 2.41. The standard InChI is InChI=1S/C10H17NO4S/c1-10(6-11-9(12)15-7-10)8-2-4-16(13,14)5-3-8/h8H,2-7H2,1H3,(H,11,12). The van der Waals surface area contributed by atoms with E-state index < -0.39 is 9.84 Å². The Morgan fingerprint density at radius 3 is 2.50 bits per heavy atom. The second-order valence-electron chi connectivity index (χ2n) is 5.01. The summed E-state index contributed by atoms with van der Waals surface area (Å²) in [5, 5.41) is 2.68. The Bertz CT molecular complexity index is 366. The third-order valence-corrected chi connectivity index (χ3v) is 5.43. The van der Waals surface area contributed by atoms with E-state index in [4.69, 9.17) is 4.74 Å². The normalized spacial score (nSPS) is 35.2. The van der Waals surface area contributed by atoms with Gasteiger partial charge in [0.05, 0.1) is 11.5 Å². The summed E-state index contributed by atoms with van der Waals surface area (Å²) in [5.41, 5.74) is -0.121. The van der Waals surface area contributed by atoms with Gasteiger partial charge in [0.15, 0.2) is 0 Å². The van der Waals surface area contributed by atoms with Gasteiger partial charge in [-0.05, 0) is 18.8 Å². The van der Waals surface area contributed by atoms with Crippen molar-refractivity contribution in [3.63, 3.8) is 0 Å². The Kier molecular flexibility index (Phi) is 2.86. The second-order valence-corrected chi connectivity index (χ2v) is 7.31. The highest BCUT2D eigenvalue weighted by molar-refractivity contribution is 7.91. The van der Waals surface area contributed by atoms with Crippen molar-refractivity contribution in [1.82, 2.24) is 5.32 Å². The van der Waals surface area contributed by atoms with E-state index >= 15 is 0 Å². The van der Waals surface area contributed by atoms with Crippen LogP contribution < -0.4 is 5.32 Å². The summed E-state index contributed by atoms with van der Waals surface area (Å²) in [6, 6.07) is 0. The Labute approximate surface area is 95.5 Å². The van der Waals surface area contributed by atoms with Crippen LogP contribution in [0.2, 0.25) is 0 Å². The largest absolute Gasteiger partial charge is 0.449 e. The smallest absolute Gasteiger partial charge is 0.407 e. The highest BCUT2D eigenvalue weighted by Crippen LogP contribution is 2.37. The number of alkyl carbamates (subject to hydrolysis) is 1. The average molecular weight is 247 g/mol. The lowest BCUT2D eigenvalue weighted by molar-refractivity contribution is 0.0206. The SMILES string of the molecule is CC1(C2CCS(=O)(=O)CC2)CNC(=O)OC1. The highest BCUT2D eigenvalue weighted by atomic mass is 32.2. The van der Waals surface area contributed by atoms with Crippen LogP contribution in [0.3, 0.4) is 0 Å². The summed E-state index contributed by atoms with van der Waals surface area (Å²) in [6.45, 7) is 3.02. The molecule has 2 rings (SSSR count). The molecule has 6 heteroatoms. The molecule has 5 nitrogen and oxygen atoms in total. The van der Waals surface area contributed by atoms with Crippen LogP contribution in [-0.2, 0) is 14.6 Å². The number of amides is 1. The van der Waals surface area contributed by atoms with Gasteiger partial charge in [0.2, 0.25) is 0 Å². The van der Waals surface area contributed by atoms with Crippen molar-refractivity contribution >= 4 is 15.9 Å². The van der Waals surface area contributed by atoms with Crippen LogP contribution in [0.15, 0.2) is 0 Å². The summed E-state index contributed by atoms with van der Waals surface area (Å²) >= 11 is 0. The molecule has 0 bridgehead atoms. The zero-order valence-electron chi connectivity index (χ0n) is 9.36. The van der Waals surface area contributed by atoms with E-state index in [-0.39, 0.29) is 23.0 Å². The number of ether oxygens (including phenoxy) is 1. The van der Waals surface area contributed by atoms with Crippen LogP contribution in [0.4, 0.5) is 4.79 Å². The zero-order chi connectivity index (χ0) is 11.8. The molecule has 1 atom stereocenters. The van der Waals surface area contributed by atoms with E-state index in [1.54, 1.807) is 0 Å². The van der Waals surface area contributed by atoms with Gasteiger partial charge in [0, 0.05) is 12.0 Å². The molecule has 2 saturated heterocycles. The van der Waals surface area contributed by atoms with Crippen molar-refractivity contribution in [2.75, 3.05) is 24.7 Å². The van der Waals surface area contributed by atoms with Gasteiger partial charge in [-0.25, -0.2) is 13.2 Å². The number of carbonyl (C=O) groups excluding carboxylic acids is 1. The molecule has 0 aromatic carbocycles. The molecule has 0 aromatic rings. The van der Waals surface area contributed by atoms with Gasteiger partial charge < -0.3 is 10.1 Å². The maximum Gasteiger partial charge on any atom is 0.407 e. The minimum Gasteiger partial charge on any atom is -0.449 e. The topological polar surface area (TPSA) is 72.5 Å². The first-order valence-electron chi connectivity index (χ1n) is 5.52. The minimum atomic E-state index is -2.82.